The molecule has 1 aromatic carbocycles. The third-order valence-corrected chi connectivity index (χ3v) is 3.58. The zero-order valence-corrected chi connectivity index (χ0v) is 13.1. The molecule has 9 heteroatoms. The van der Waals surface area contributed by atoms with Gasteiger partial charge < -0.3 is 10.2 Å². The van der Waals surface area contributed by atoms with Gasteiger partial charge in [-0.25, -0.2) is 0 Å². The van der Waals surface area contributed by atoms with E-state index in [1.807, 2.05) is 12.1 Å². The van der Waals surface area contributed by atoms with Crippen molar-refractivity contribution in [3.05, 3.63) is 63.5 Å². The summed E-state index contributed by atoms with van der Waals surface area (Å²) in [5.41, 5.74) is 6.13. The van der Waals surface area contributed by atoms with Crippen LogP contribution < -0.4 is 5.73 Å². The third-order valence-electron chi connectivity index (χ3n) is 3.58. The van der Waals surface area contributed by atoms with E-state index in [9.17, 15) is 15.4 Å². The van der Waals surface area contributed by atoms with Gasteiger partial charge in [0.05, 0.1) is 21.8 Å². The first kappa shape index (κ1) is 16.5. The average molecular weight is 346 g/mol. The second-order valence-electron chi connectivity index (χ2n) is 5.12. The maximum atomic E-state index is 11.1. The first-order valence-corrected chi connectivity index (χ1v) is 7.25. The lowest BCUT2D eigenvalue weighted by Gasteiger charge is -1.99. The number of nitrogens with two attached hydrogens (primary N) is 1. The van der Waals surface area contributed by atoms with E-state index in [0.29, 0.717) is 5.56 Å². The highest BCUT2D eigenvalue weighted by Crippen LogP contribution is 2.32. The summed E-state index contributed by atoms with van der Waals surface area (Å²) in [6, 6.07) is 13.1. The molecular formula is C17H10N6O3. The van der Waals surface area contributed by atoms with Crippen molar-refractivity contribution in [2.45, 2.75) is 0 Å². The maximum Gasteiger partial charge on any atom is 0.280 e. The smallest absolute Gasteiger partial charge is 0.280 e. The monoisotopic (exact) mass is 346 g/mol. The summed E-state index contributed by atoms with van der Waals surface area (Å²) in [5.74, 6) is 0.556. The highest BCUT2D eigenvalue weighted by Gasteiger charge is 2.18. The zero-order valence-electron chi connectivity index (χ0n) is 13.1. The van der Waals surface area contributed by atoms with E-state index >= 15 is 0 Å². The van der Waals surface area contributed by atoms with Crippen LogP contribution in [0.25, 0.3) is 23.0 Å². The molecule has 26 heavy (non-hydrogen) atoms. The number of anilines is 1. The molecule has 3 aromatic rings. The molecule has 0 fully saturated rings. The summed E-state index contributed by atoms with van der Waals surface area (Å²) in [6.07, 6.45) is 1.39. The fourth-order valence-corrected chi connectivity index (χ4v) is 2.38. The van der Waals surface area contributed by atoms with Crippen molar-refractivity contribution in [1.29, 1.82) is 10.5 Å². The molecule has 0 aliphatic heterocycles. The van der Waals surface area contributed by atoms with Gasteiger partial charge >= 0.3 is 0 Å². The van der Waals surface area contributed by atoms with Crippen molar-refractivity contribution < 1.29 is 9.34 Å². The van der Waals surface area contributed by atoms with Gasteiger partial charge in [-0.05, 0) is 18.2 Å². The number of hydrogen-bond acceptors (Lipinski definition) is 7. The molecule has 0 atom stereocenters. The molecule has 3 N–H and O–H groups in total. The number of nitrogen functional groups attached to an aromatic ring is 1. The Morgan fingerprint density at radius 3 is 2.77 bits per heavy atom. The minimum Gasteiger partial charge on any atom is -0.456 e. The van der Waals surface area contributed by atoms with Gasteiger partial charge in [-0.3, -0.25) is 15.2 Å². The Morgan fingerprint density at radius 2 is 2.08 bits per heavy atom. The molecule has 0 spiro atoms. The van der Waals surface area contributed by atoms with E-state index in [1.54, 1.807) is 30.3 Å². The van der Waals surface area contributed by atoms with Gasteiger partial charge in [-0.1, -0.05) is 12.1 Å². The highest BCUT2D eigenvalue weighted by molar-refractivity contribution is 5.90. The number of hydrogen-bond donors (Lipinski definition) is 2. The molecular weight excluding hydrogens is 336 g/mol. The van der Waals surface area contributed by atoms with Crippen LogP contribution in [-0.2, 0) is 0 Å². The largest absolute Gasteiger partial charge is 0.456 e. The van der Waals surface area contributed by atoms with Crippen LogP contribution in [0.15, 0.2) is 40.8 Å². The van der Waals surface area contributed by atoms with Gasteiger partial charge in [-0.15, -0.1) is 0 Å². The molecule has 126 valence electrons. The molecule has 3 rings (SSSR count). The van der Waals surface area contributed by atoms with E-state index < -0.39 is 4.92 Å². The van der Waals surface area contributed by atoms with Gasteiger partial charge in [0.25, 0.3) is 5.69 Å². The number of aromatic nitrogens is 2. The lowest BCUT2D eigenvalue weighted by atomic mass is 10.1. The number of rotatable bonds is 4. The van der Waals surface area contributed by atoms with Crippen LogP contribution in [-0.4, -0.2) is 15.1 Å². The van der Waals surface area contributed by atoms with Crippen molar-refractivity contribution in [1.82, 2.24) is 10.2 Å². The topological polar surface area (TPSA) is 159 Å². The Hall–Kier alpha value is -4.37. The zero-order chi connectivity index (χ0) is 18.7. The number of nitro groups is 1. The van der Waals surface area contributed by atoms with Gasteiger partial charge in [-0.2, -0.15) is 15.6 Å². The van der Waals surface area contributed by atoms with E-state index in [1.165, 1.54) is 12.1 Å². The quantitative estimate of drug-likeness (QED) is 0.417. The Kier molecular flexibility index (Phi) is 4.20. The lowest BCUT2D eigenvalue weighted by Crippen LogP contribution is -1.90. The molecule has 0 saturated heterocycles. The number of nitro benzene ring substituents is 1. The van der Waals surface area contributed by atoms with Crippen molar-refractivity contribution in [3.8, 4) is 23.5 Å². The number of aromatic amines is 1. The number of nitrogens with one attached hydrogen (secondary N) is 1. The SMILES string of the molecule is N#C/C(=C\c1ccc(-c2ccccc2[N+](=O)[O-])o1)c1[nH]nc(N)c1C#N. The normalized spacial score (nSPS) is 10.9. The molecule has 0 radical (unpaired) electrons. The van der Waals surface area contributed by atoms with E-state index in [0.717, 1.165) is 0 Å². The second kappa shape index (κ2) is 6.63. The van der Waals surface area contributed by atoms with Crippen LogP contribution in [0.2, 0.25) is 0 Å². The number of nitrogens with zero attached hydrogens (tertiary/aromatic N) is 4. The van der Waals surface area contributed by atoms with Gasteiger partial charge in [0.15, 0.2) is 5.82 Å². The summed E-state index contributed by atoms with van der Waals surface area (Å²) in [4.78, 5) is 10.6. The molecule has 0 aliphatic rings. The first-order valence-electron chi connectivity index (χ1n) is 7.25. The van der Waals surface area contributed by atoms with Gasteiger partial charge in [0.2, 0.25) is 0 Å². The van der Waals surface area contributed by atoms with Crippen LogP contribution in [0.1, 0.15) is 17.0 Å². The molecule has 0 amide bonds. The molecule has 0 saturated carbocycles. The lowest BCUT2D eigenvalue weighted by molar-refractivity contribution is -0.384. The van der Waals surface area contributed by atoms with Crippen LogP contribution in [0.3, 0.4) is 0 Å². The number of allylic oxidation sites excluding steroid dienone is 1. The molecule has 0 unspecified atom stereocenters. The Balaban J connectivity index is 2.03. The summed E-state index contributed by atoms with van der Waals surface area (Å²) >= 11 is 0. The second-order valence-corrected chi connectivity index (χ2v) is 5.12. The minimum atomic E-state index is -0.499. The third kappa shape index (κ3) is 2.88. The Bertz CT molecular complexity index is 1110. The number of benzene rings is 1. The summed E-state index contributed by atoms with van der Waals surface area (Å²) in [6.45, 7) is 0. The summed E-state index contributed by atoms with van der Waals surface area (Å²) < 4.78 is 5.61. The van der Waals surface area contributed by atoms with Crippen molar-refractivity contribution in [2.75, 3.05) is 5.73 Å². The average Bonchev–Trinajstić information content (AvgIpc) is 3.26. The Morgan fingerprint density at radius 1 is 1.31 bits per heavy atom. The number of para-hydroxylation sites is 1. The molecule has 2 aromatic heterocycles. The minimum absolute atomic E-state index is 0.0105. The fraction of sp³-hybridized carbons (Fsp3) is 0. The summed E-state index contributed by atoms with van der Waals surface area (Å²) in [7, 11) is 0. The van der Waals surface area contributed by atoms with Gasteiger partial charge in [0, 0.05) is 12.1 Å². The van der Waals surface area contributed by atoms with E-state index in [2.05, 4.69) is 10.2 Å². The molecule has 2 heterocycles. The Labute approximate surface area is 146 Å². The number of furan rings is 1. The van der Waals surface area contributed by atoms with E-state index in [4.69, 9.17) is 15.4 Å². The predicted octanol–water partition coefficient (Wildman–Crippen LogP) is 3.10. The first-order chi connectivity index (χ1) is 12.5. The number of nitriles is 2. The molecule has 0 bridgehead atoms. The van der Waals surface area contributed by atoms with Crippen LogP contribution in [0.5, 0.6) is 0 Å². The highest BCUT2D eigenvalue weighted by atomic mass is 16.6. The van der Waals surface area contributed by atoms with Crippen LogP contribution in [0, 0.1) is 32.8 Å². The van der Waals surface area contributed by atoms with Crippen LogP contribution in [0.4, 0.5) is 11.5 Å². The van der Waals surface area contributed by atoms with Crippen molar-refractivity contribution >= 4 is 23.2 Å². The van der Waals surface area contributed by atoms with Crippen molar-refractivity contribution in [3.63, 3.8) is 0 Å². The molecule has 9 nitrogen and oxygen atoms in total. The maximum absolute atomic E-state index is 11.1. The van der Waals surface area contributed by atoms with Crippen molar-refractivity contribution in [2.24, 2.45) is 0 Å². The van der Waals surface area contributed by atoms with E-state index in [-0.39, 0.29) is 39.9 Å². The summed E-state index contributed by atoms with van der Waals surface area (Å²) in [5, 5.41) is 35.9. The molecule has 0 aliphatic carbocycles. The van der Waals surface area contributed by atoms with Gasteiger partial charge in [0.1, 0.15) is 29.2 Å². The fourth-order valence-electron chi connectivity index (χ4n) is 2.38. The standard InChI is InChI=1S/C17H10N6O3/c18-8-10(16-13(9-19)17(20)22-21-16)7-11-5-6-15(26-11)12-3-1-2-4-14(12)23(24)25/h1-7H,(H3,20,21,22)/b10-7+. The van der Waals surface area contributed by atoms with Crippen LogP contribution >= 0.6 is 0 Å². The predicted molar refractivity (Wildman–Crippen MR) is 92.0 cm³/mol. The number of H-pyrrole nitrogens is 1.